The number of likely N-dealkylation sites (N-methyl/N-ethyl adjacent to an activating group) is 1. The molecule has 10 nitrogen and oxygen atoms in total. The number of esters is 1. The topological polar surface area (TPSA) is 134 Å². The summed E-state index contributed by atoms with van der Waals surface area (Å²) in [7, 11) is 1.18. The van der Waals surface area contributed by atoms with Crippen molar-refractivity contribution in [3.8, 4) is 5.75 Å². The molecule has 0 bridgehead atoms. The number of methoxy groups -OCH3 is 1. The summed E-state index contributed by atoms with van der Waals surface area (Å²) in [6.45, 7) is 7.87. The number of nitrogens with one attached hydrogen (secondary N) is 2. The molecule has 0 saturated carbocycles. The number of carbonyl (C=O) groups excluding carboxylic acids is 4. The number of aromatic hydroxyl groups is 1. The lowest BCUT2D eigenvalue weighted by Crippen LogP contribution is -2.52. The number of hydrogen-bond donors (Lipinski definition) is 3. The number of rotatable bonds is 8. The molecule has 1 aromatic carbocycles. The second-order valence-corrected chi connectivity index (χ2v) is 7.75. The van der Waals surface area contributed by atoms with Crippen molar-refractivity contribution in [2.45, 2.75) is 52.3 Å². The van der Waals surface area contributed by atoms with E-state index in [0.717, 1.165) is 0 Å². The number of amides is 3. The Morgan fingerprint density at radius 1 is 1.16 bits per heavy atom. The number of phenolic OH excluding ortho intramolecular Hbond substituents is 1. The van der Waals surface area contributed by atoms with E-state index in [9.17, 15) is 24.3 Å². The lowest BCUT2D eigenvalue weighted by Gasteiger charge is -2.33. The maximum atomic E-state index is 13.1. The van der Waals surface area contributed by atoms with Gasteiger partial charge < -0.3 is 30.1 Å². The smallest absolute Gasteiger partial charge is 0.408 e. The number of nitrogens with zero attached hydrogens (tertiary/aromatic N) is 1. The first-order valence-corrected chi connectivity index (χ1v) is 9.83. The van der Waals surface area contributed by atoms with Gasteiger partial charge in [-0.15, -0.1) is 0 Å². The highest BCUT2D eigenvalue weighted by atomic mass is 16.6. The average Bonchev–Trinajstić information content (AvgIpc) is 2.68. The predicted molar refractivity (Wildman–Crippen MR) is 112 cm³/mol. The molecule has 3 N–H and O–H groups in total. The second-order valence-electron chi connectivity index (χ2n) is 7.75. The zero-order valence-electron chi connectivity index (χ0n) is 18.7. The van der Waals surface area contributed by atoms with Crippen LogP contribution in [0.3, 0.4) is 0 Å². The van der Waals surface area contributed by atoms with Crippen molar-refractivity contribution in [1.82, 2.24) is 15.5 Å². The zero-order chi connectivity index (χ0) is 23.8. The van der Waals surface area contributed by atoms with E-state index in [1.807, 2.05) is 0 Å². The van der Waals surface area contributed by atoms with Gasteiger partial charge >= 0.3 is 12.1 Å². The maximum Gasteiger partial charge on any atom is 0.408 e. The first-order chi connectivity index (χ1) is 14.4. The first-order valence-electron chi connectivity index (χ1n) is 9.83. The van der Waals surface area contributed by atoms with Crippen LogP contribution in [0.1, 0.15) is 46.2 Å². The van der Waals surface area contributed by atoms with Gasteiger partial charge in [0.1, 0.15) is 30.0 Å². The lowest BCUT2D eigenvalue weighted by molar-refractivity contribution is -0.144. The Morgan fingerprint density at radius 2 is 1.77 bits per heavy atom. The van der Waals surface area contributed by atoms with Crippen molar-refractivity contribution in [1.29, 1.82) is 0 Å². The Kier molecular flexibility index (Phi) is 9.29. The van der Waals surface area contributed by atoms with Gasteiger partial charge in [-0.2, -0.15) is 0 Å². The minimum absolute atomic E-state index is 0.0871. The number of phenols is 1. The molecule has 31 heavy (non-hydrogen) atoms. The maximum absolute atomic E-state index is 13.1. The standard InChI is InChI=1S/C21H31N3O7/c1-7-24(19(28)13(2)23-20(29)31-21(3,4)5)17(14-10-8-9-11-15(14)25)18(27)22-12-16(26)30-6/h8-11,13,17,25H,7,12H2,1-6H3,(H,22,27)(H,23,29). The number of alkyl carbamates (subject to hydrolysis) is 1. The normalized spacial score (nSPS) is 12.8. The van der Waals surface area contributed by atoms with Crippen molar-refractivity contribution < 1.29 is 33.8 Å². The van der Waals surface area contributed by atoms with Gasteiger partial charge in [-0.1, -0.05) is 18.2 Å². The Morgan fingerprint density at radius 3 is 2.29 bits per heavy atom. The molecular weight excluding hydrogens is 406 g/mol. The Balaban J connectivity index is 3.17. The molecule has 10 heteroatoms. The average molecular weight is 437 g/mol. The van der Waals surface area contributed by atoms with Crippen molar-refractivity contribution in [3.63, 3.8) is 0 Å². The van der Waals surface area contributed by atoms with Gasteiger partial charge in [-0.3, -0.25) is 14.4 Å². The molecule has 1 rings (SSSR count). The summed E-state index contributed by atoms with van der Waals surface area (Å²) in [5.74, 6) is -2.13. The van der Waals surface area contributed by atoms with Crippen LogP contribution in [0.2, 0.25) is 0 Å². The van der Waals surface area contributed by atoms with E-state index < -0.39 is 48.1 Å². The van der Waals surface area contributed by atoms with Crippen LogP contribution in [0.5, 0.6) is 5.75 Å². The summed E-state index contributed by atoms with van der Waals surface area (Å²) in [4.78, 5) is 50.7. The van der Waals surface area contributed by atoms with E-state index in [1.54, 1.807) is 39.8 Å². The third kappa shape index (κ3) is 7.80. The minimum atomic E-state index is -1.24. The largest absolute Gasteiger partial charge is 0.508 e. The van der Waals surface area contributed by atoms with Crippen molar-refractivity contribution in [3.05, 3.63) is 29.8 Å². The highest BCUT2D eigenvalue weighted by Crippen LogP contribution is 2.29. The van der Waals surface area contributed by atoms with Gasteiger partial charge in [0, 0.05) is 12.1 Å². The highest BCUT2D eigenvalue weighted by molar-refractivity contribution is 5.93. The predicted octanol–water partition coefficient (Wildman–Crippen LogP) is 1.48. The summed E-state index contributed by atoms with van der Waals surface area (Å²) < 4.78 is 9.69. The fraction of sp³-hybridized carbons (Fsp3) is 0.524. The van der Waals surface area contributed by atoms with E-state index in [4.69, 9.17) is 4.74 Å². The molecule has 3 amide bonds. The molecule has 0 aliphatic carbocycles. The number of hydrogen-bond acceptors (Lipinski definition) is 7. The van der Waals surface area contributed by atoms with Gasteiger partial charge in [0.15, 0.2) is 0 Å². The molecular formula is C21H31N3O7. The monoisotopic (exact) mass is 437 g/mol. The fourth-order valence-electron chi connectivity index (χ4n) is 2.76. The molecule has 1 aromatic rings. The van der Waals surface area contributed by atoms with E-state index >= 15 is 0 Å². The van der Waals surface area contributed by atoms with Crippen molar-refractivity contribution >= 4 is 23.9 Å². The molecule has 0 aliphatic rings. The van der Waals surface area contributed by atoms with Crippen LogP contribution < -0.4 is 10.6 Å². The summed E-state index contributed by atoms with van der Waals surface area (Å²) >= 11 is 0. The van der Waals surface area contributed by atoms with Crippen LogP contribution in [-0.2, 0) is 23.9 Å². The Hall–Kier alpha value is -3.30. The molecule has 0 aliphatic heterocycles. The molecule has 0 saturated heterocycles. The fourth-order valence-corrected chi connectivity index (χ4v) is 2.76. The van der Waals surface area contributed by atoms with Crippen LogP contribution >= 0.6 is 0 Å². The zero-order valence-corrected chi connectivity index (χ0v) is 18.7. The van der Waals surface area contributed by atoms with Crippen LogP contribution in [0.15, 0.2) is 24.3 Å². The molecule has 0 fully saturated rings. The van der Waals surface area contributed by atoms with Crippen LogP contribution in [0, 0.1) is 0 Å². The minimum Gasteiger partial charge on any atom is -0.508 e. The highest BCUT2D eigenvalue weighted by Gasteiger charge is 2.35. The summed E-state index contributed by atoms with van der Waals surface area (Å²) in [5.41, 5.74) is -0.576. The summed E-state index contributed by atoms with van der Waals surface area (Å²) in [5, 5.41) is 15.2. The molecule has 172 valence electrons. The quantitative estimate of drug-likeness (QED) is 0.525. The van der Waals surface area contributed by atoms with Gasteiger partial charge in [0.2, 0.25) is 11.8 Å². The molecule has 0 radical (unpaired) electrons. The van der Waals surface area contributed by atoms with Gasteiger partial charge in [-0.25, -0.2) is 4.79 Å². The van der Waals surface area contributed by atoms with Gasteiger partial charge in [0.05, 0.1) is 7.11 Å². The molecule has 2 unspecified atom stereocenters. The molecule has 0 spiro atoms. The van der Waals surface area contributed by atoms with E-state index in [1.165, 1.54) is 31.1 Å². The third-order valence-corrected chi connectivity index (χ3v) is 4.15. The molecule has 2 atom stereocenters. The Labute approximate surface area is 181 Å². The molecule has 0 aromatic heterocycles. The van der Waals surface area contributed by atoms with E-state index in [-0.39, 0.29) is 17.9 Å². The van der Waals surface area contributed by atoms with Gasteiger partial charge in [0.25, 0.3) is 0 Å². The van der Waals surface area contributed by atoms with Crippen molar-refractivity contribution in [2.75, 3.05) is 20.2 Å². The summed E-state index contributed by atoms with van der Waals surface area (Å²) in [6, 6.07) is 3.81. The lowest BCUT2D eigenvalue weighted by atomic mass is 10.0. The van der Waals surface area contributed by atoms with Crippen molar-refractivity contribution in [2.24, 2.45) is 0 Å². The second kappa shape index (κ2) is 11.2. The number of para-hydroxylation sites is 1. The molecule has 0 heterocycles. The van der Waals surface area contributed by atoms with E-state index in [0.29, 0.717) is 0 Å². The summed E-state index contributed by atoms with van der Waals surface area (Å²) in [6.07, 6.45) is -0.779. The number of ether oxygens (including phenoxy) is 2. The number of benzene rings is 1. The SMILES string of the molecule is CCN(C(=O)C(C)NC(=O)OC(C)(C)C)C(C(=O)NCC(=O)OC)c1ccccc1O. The Bertz CT molecular complexity index is 804. The third-order valence-electron chi connectivity index (χ3n) is 4.15. The van der Waals surface area contributed by atoms with Crippen LogP contribution in [-0.4, -0.2) is 65.7 Å². The van der Waals surface area contributed by atoms with E-state index in [2.05, 4.69) is 15.4 Å². The van der Waals surface area contributed by atoms with Crippen LogP contribution in [0.4, 0.5) is 4.79 Å². The van der Waals surface area contributed by atoms with Gasteiger partial charge in [-0.05, 0) is 40.7 Å². The first kappa shape index (κ1) is 25.7. The number of carbonyl (C=O) groups is 4. The van der Waals surface area contributed by atoms with Crippen LogP contribution in [0.25, 0.3) is 0 Å².